The first-order valence-corrected chi connectivity index (χ1v) is 5.94. The molecule has 0 bridgehead atoms. The largest absolute Gasteiger partial charge is 0.303 e. The maximum Gasteiger partial charge on any atom is 0.000724 e. The lowest BCUT2D eigenvalue weighted by molar-refractivity contribution is 0.139. The van der Waals surface area contributed by atoms with Gasteiger partial charge in [-0.1, -0.05) is 33.6 Å². The number of piperidine rings is 1. The van der Waals surface area contributed by atoms with Crippen LogP contribution in [-0.2, 0) is 0 Å². The highest BCUT2D eigenvalue weighted by Gasteiger charge is 2.20. The number of hydrogen-bond acceptors (Lipinski definition) is 1. The van der Waals surface area contributed by atoms with Crippen molar-refractivity contribution in [2.75, 3.05) is 19.6 Å². The van der Waals surface area contributed by atoms with E-state index in [1.54, 1.807) is 0 Å². The molecular weight excluding hydrogens is 158 g/mol. The van der Waals surface area contributed by atoms with Crippen molar-refractivity contribution in [3.05, 3.63) is 0 Å². The summed E-state index contributed by atoms with van der Waals surface area (Å²) in [6.07, 6.45) is 5.58. The fraction of sp³-hybridized carbons (Fsp3) is 1.00. The van der Waals surface area contributed by atoms with Crippen LogP contribution in [0, 0.1) is 11.8 Å². The number of nitrogens with zero attached hydrogens (tertiary/aromatic N) is 1. The van der Waals surface area contributed by atoms with Crippen molar-refractivity contribution >= 4 is 0 Å². The van der Waals surface area contributed by atoms with E-state index in [1.807, 2.05) is 0 Å². The molecule has 78 valence electrons. The van der Waals surface area contributed by atoms with Gasteiger partial charge in [-0.25, -0.2) is 0 Å². The zero-order valence-electron chi connectivity index (χ0n) is 9.55. The number of unbranched alkanes of at least 4 members (excludes halogenated alkanes) is 2. The van der Waals surface area contributed by atoms with Crippen LogP contribution in [0.3, 0.4) is 0 Å². The van der Waals surface area contributed by atoms with Gasteiger partial charge in [0, 0.05) is 13.1 Å². The molecule has 0 aromatic rings. The van der Waals surface area contributed by atoms with Gasteiger partial charge in [-0.3, -0.25) is 0 Å². The van der Waals surface area contributed by atoms with Crippen molar-refractivity contribution in [2.24, 2.45) is 11.8 Å². The molecule has 1 fully saturated rings. The van der Waals surface area contributed by atoms with Gasteiger partial charge >= 0.3 is 0 Å². The molecule has 0 radical (unpaired) electrons. The van der Waals surface area contributed by atoms with Crippen LogP contribution in [0.2, 0.25) is 0 Å². The highest BCUT2D eigenvalue weighted by atomic mass is 15.1. The van der Waals surface area contributed by atoms with Gasteiger partial charge in [0.25, 0.3) is 0 Å². The fourth-order valence-corrected chi connectivity index (χ4v) is 2.56. The first-order chi connectivity index (χ1) is 6.22. The summed E-state index contributed by atoms with van der Waals surface area (Å²) >= 11 is 0. The van der Waals surface area contributed by atoms with Crippen molar-refractivity contribution in [1.29, 1.82) is 0 Å². The van der Waals surface area contributed by atoms with Crippen LogP contribution in [0.25, 0.3) is 0 Å². The molecule has 0 spiro atoms. The fourth-order valence-electron chi connectivity index (χ4n) is 2.56. The maximum atomic E-state index is 2.66. The molecule has 2 atom stereocenters. The average molecular weight is 183 g/mol. The summed E-state index contributed by atoms with van der Waals surface area (Å²) in [4.78, 5) is 2.66. The van der Waals surface area contributed by atoms with Crippen molar-refractivity contribution in [3.63, 3.8) is 0 Å². The first kappa shape index (κ1) is 11.0. The first-order valence-electron chi connectivity index (χ1n) is 5.94. The van der Waals surface area contributed by atoms with E-state index in [-0.39, 0.29) is 0 Å². The van der Waals surface area contributed by atoms with E-state index in [1.165, 1.54) is 45.3 Å². The molecule has 2 unspecified atom stereocenters. The van der Waals surface area contributed by atoms with Gasteiger partial charge in [-0.15, -0.1) is 0 Å². The monoisotopic (exact) mass is 183 g/mol. The van der Waals surface area contributed by atoms with Gasteiger partial charge in [0.05, 0.1) is 0 Å². The molecule has 0 N–H and O–H groups in total. The van der Waals surface area contributed by atoms with Crippen molar-refractivity contribution < 1.29 is 0 Å². The highest BCUT2D eigenvalue weighted by Crippen LogP contribution is 2.20. The van der Waals surface area contributed by atoms with E-state index in [0.29, 0.717) is 0 Å². The molecule has 1 nitrogen and oxygen atoms in total. The lowest BCUT2D eigenvalue weighted by Gasteiger charge is -2.34. The Bertz CT molecular complexity index is 123. The van der Waals surface area contributed by atoms with Gasteiger partial charge in [-0.2, -0.15) is 0 Å². The molecule has 0 amide bonds. The maximum absolute atomic E-state index is 2.66. The Hall–Kier alpha value is -0.0400. The topological polar surface area (TPSA) is 3.24 Å². The van der Waals surface area contributed by atoms with E-state index in [4.69, 9.17) is 0 Å². The minimum absolute atomic E-state index is 0.922. The molecular formula is C12H25N. The van der Waals surface area contributed by atoms with Crippen LogP contribution in [0.5, 0.6) is 0 Å². The summed E-state index contributed by atoms with van der Waals surface area (Å²) in [7, 11) is 0. The Labute approximate surface area is 83.5 Å². The molecule has 13 heavy (non-hydrogen) atoms. The van der Waals surface area contributed by atoms with E-state index in [2.05, 4.69) is 25.7 Å². The highest BCUT2D eigenvalue weighted by molar-refractivity contribution is 4.74. The predicted molar refractivity (Wildman–Crippen MR) is 58.9 cm³/mol. The summed E-state index contributed by atoms with van der Waals surface area (Å²) in [5, 5.41) is 0. The second-order valence-electron chi connectivity index (χ2n) is 4.91. The Balaban J connectivity index is 2.17. The molecule has 1 aliphatic heterocycles. The van der Waals surface area contributed by atoms with Crippen LogP contribution >= 0.6 is 0 Å². The standard InChI is InChI=1S/C12H25N/c1-4-5-6-7-13-9-11(2)8-12(3)10-13/h11-12H,4-10H2,1-3H3. The second kappa shape index (κ2) is 5.64. The molecule has 0 saturated carbocycles. The van der Waals surface area contributed by atoms with Crippen molar-refractivity contribution in [3.8, 4) is 0 Å². The number of likely N-dealkylation sites (tertiary alicyclic amines) is 1. The number of hydrogen-bond donors (Lipinski definition) is 0. The van der Waals surface area contributed by atoms with Crippen molar-refractivity contribution in [2.45, 2.75) is 46.5 Å². The van der Waals surface area contributed by atoms with Gasteiger partial charge in [-0.05, 0) is 31.2 Å². The SMILES string of the molecule is CCCCCN1CC(C)CC(C)C1. The van der Waals surface area contributed by atoms with Gasteiger partial charge < -0.3 is 4.90 Å². The Kier molecular flexibility index (Phi) is 4.79. The molecule has 0 aliphatic carbocycles. The van der Waals surface area contributed by atoms with Crippen LogP contribution in [0.4, 0.5) is 0 Å². The zero-order chi connectivity index (χ0) is 9.68. The smallest absolute Gasteiger partial charge is 0.000724 e. The number of rotatable bonds is 4. The second-order valence-corrected chi connectivity index (χ2v) is 4.91. The van der Waals surface area contributed by atoms with Gasteiger partial charge in [0.2, 0.25) is 0 Å². The summed E-state index contributed by atoms with van der Waals surface area (Å²) < 4.78 is 0. The lowest BCUT2D eigenvalue weighted by Crippen LogP contribution is -2.39. The molecule has 1 aliphatic rings. The molecule has 1 heteroatoms. The van der Waals surface area contributed by atoms with Gasteiger partial charge in [0.1, 0.15) is 0 Å². The molecule has 1 heterocycles. The lowest BCUT2D eigenvalue weighted by atomic mass is 9.92. The third kappa shape index (κ3) is 4.12. The Morgan fingerprint density at radius 2 is 1.69 bits per heavy atom. The van der Waals surface area contributed by atoms with Crippen LogP contribution in [0.1, 0.15) is 46.5 Å². The van der Waals surface area contributed by atoms with Gasteiger partial charge in [0.15, 0.2) is 0 Å². The third-order valence-electron chi connectivity index (χ3n) is 3.02. The minimum Gasteiger partial charge on any atom is -0.303 e. The van der Waals surface area contributed by atoms with Crippen LogP contribution in [0.15, 0.2) is 0 Å². The van der Waals surface area contributed by atoms with E-state index in [0.717, 1.165) is 11.8 Å². The third-order valence-corrected chi connectivity index (χ3v) is 3.02. The van der Waals surface area contributed by atoms with Crippen LogP contribution < -0.4 is 0 Å². The average Bonchev–Trinajstić information content (AvgIpc) is 2.03. The zero-order valence-corrected chi connectivity index (χ0v) is 9.55. The van der Waals surface area contributed by atoms with E-state index < -0.39 is 0 Å². The summed E-state index contributed by atoms with van der Waals surface area (Å²) in [5.74, 6) is 1.84. The molecule has 1 saturated heterocycles. The Morgan fingerprint density at radius 1 is 1.08 bits per heavy atom. The summed E-state index contributed by atoms with van der Waals surface area (Å²) in [6, 6.07) is 0. The molecule has 0 aromatic heterocycles. The van der Waals surface area contributed by atoms with E-state index in [9.17, 15) is 0 Å². The molecule has 0 aromatic carbocycles. The van der Waals surface area contributed by atoms with E-state index >= 15 is 0 Å². The normalized spacial score (nSPS) is 30.7. The minimum atomic E-state index is 0.922. The molecule has 1 rings (SSSR count). The predicted octanol–water partition coefficient (Wildman–Crippen LogP) is 3.15. The summed E-state index contributed by atoms with van der Waals surface area (Å²) in [6.45, 7) is 11.1. The van der Waals surface area contributed by atoms with Crippen LogP contribution in [-0.4, -0.2) is 24.5 Å². The summed E-state index contributed by atoms with van der Waals surface area (Å²) in [5.41, 5.74) is 0. The van der Waals surface area contributed by atoms with Crippen molar-refractivity contribution in [1.82, 2.24) is 4.90 Å². The quantitative estimate of drug-likeness (QED) is 0.605. The Morgan fingerprint density at radius 3 is 2.23 bits per heavy atom.